The van der Waals surface area contributed by atoms with Crippen LogP contribution in [0.3, 0.4) is 0 Å². The summed E-state index contributed by atoms with van der Waals surface area (Å²) in [5, 5.41) is 4.01. The average Bonchev–Trinajstić information content (AvgIpc) is 2.53. The van der Waals surface area contributed by atoms with Crippen LogP contribution >= 0.6 is 0 Å². The van der Waals surface area contributed by atoms with E-state index in [0.717, 1.165) is 18.1 Å². The molecular weight excluding hydrogens is 164 g/mol. The second kappa shape index (κ2) is 3.66. The van der Waals surface area contributed by atoms with Gasteiger partial charge in [-0.05, 0) is 39.9 Å². The average molecular weight is 182 g/mol. The predicted octanol–water partition coefficient (Wildman–Crippen LogP) is 1.49. The highest BCUT2D eigenvalue weighted by Crippen LogP contribution is 2.27. The van der Waals surface area contributed by atoms with E-state index < -0.39 is 0 Å². The zero-order valence-electron chi connectivity index (χ0n) is 8.49. The summed E-state index contributed by atoms with van der Waals surface area (Å²) in [6.07, 6.45) is 3.97. The molecule has 0 bridgehead atoms. The maximum absolute atomic E-state index is 5.41. The largest absolute Gasteiger partial charge is 0.392 e. The summed E-state index contributed by atoms with van der Waals surface area (Å²) >= 11 is 0. The van der Waals surface area contributed by atoms with Gasteiger partial charge in [-0.1, -0.05) is 5.16 Å². The van der Waals surface area contributed by atoms with Gasteiger partial charge in [0.25, 0.3) is 0 Å². The molecule has 1 atom stereocenters. The monoisotopic (exact) mass is 182 g/mol. The molecule has 1 saturated heterocycles. The van der Waals surface area contributed by atoms with Gasteiger partial charge in [-0.25, -0.2) is 0 Å². The van der Waals surface area contributed by atoms with E-state index in [0.29, 0.717) is 6.10 Å². The maximum atomic E-state index is 5.41. The molecular formula is C10H18N2O. The molecule has 0 aliphatic carbocycles. The highest BCUT2D eigenvalue weighted by atomic mass is 16.6. The molecule has 1 unspecified atom stereocenters. The third-order valence-corrected chi connectivity index (χ3v) is 3.13. The van der Waals surface area contributed by atoms with Crippen LogP contribution in [-0.4, -0.2) is 36.9 Å². The summed E-state index contributed by atoms with van der Waals surface area (Å²) in [7, 11) is 2.19. The molecule has 2 heterocycles. The lowest BCUT2D eigenvalue weighted by Crippen LogP contribution is -2.35. The number of oxime groups is 1. The van der Waals surface area contributed by atoms with Crippen LogP contribution in [0, 0.1) is 5.92 Å². The van der Waals surface area contributed by atoms with E-state index in [9.17, 15) is 0 Å². The Morgan fingerprint density at radius 3 is 2.62 bits per heavy atom. The van der Waals surface area contributed by atoms with E-state index in [4.69, 9.17) is 4.84 Å². The molecule has 0 aromatic carbocycles. The number of rotatable bonds is 1. The van der Waals surface area contributed by atoms with Crippen LogP contribution in [0.15, 0.2) is 5.16 Å². The molecule has 0 aromatic heterocycles. The van der Waals surface area contributed by atoms with Crippen molar-refractivity contribution in [2.75, 3.05) is 20.1 Å². The van der Waals surface area contributed by atoms with Crippen LogP contribution in [0.4, 0.5) is 0 Å². The molecule has 0 radical (unpaired) electrons. The molecule has 0 amide bonds. The number of hydrogen-bond acceptors (Lipinski definition) is 3. The van der Waals surface area contributed by atoms with E-state index >= 15 is 0 Å². The summed E-state index contributed by atoms with van der Waals surface area (Å²) in [6, 6.07) is 0. The first-order chi connectivity index (χ1) is 6.25. The molecule has 3 nitrogen and oxygen atoms in total. The predicted molar refractivity (Wildman–Crippen MR) is 52.8 cm³/mol. The summed E-state index contributed by atoms with van der Waals surface area (Å²) in [6.45, 7) is 4.47. The summed E-state index contributed by atoms with van der Waals surface area (Å²) in [5.74, 6) is 0.734. The molecule has 1 fully saturated rings. The number of likely N-dealkylation sites (tertiary alicyclic amines) is 1. The van der Waals surface area contributed by atoms with Gasteiger partial charge in [-0.2, -0.15) is 0 Å². The minimum Gasteiger partial charge on any atom is -0.392 e. The van der Waals surface area contributed by atoms with E-state index in [-0.39, 0.29) is 0 Å². The lowest BCUT2D eigenvalue weighted by Gasteiger charge is -2.31. The molecule has 13 heavy (non-hydrogen) atoms. The highest BCUT2D eigenvalue weighted by Gasteiger charge is 2.30. The fraction of sp³-hybridized carbons (Fsp3) is 0.900. The van der Waals surface area contributed by atoms with Crippen molar-refractivity contribution >= 4 is 5.71 Å². The second-order valence-corrected chi connectivity index (χ2v) is 4.32. The fourth-order valence-corrected chi connectivity index (χ4v) is 2.18. The smallest absolute Gasteiger partial charge is 0.135 e. The van der Waals surface area contributed by atoms with Crippen LogP contribution in [0.2, 0.25) is 0 Å². The minimum atomic E-state index is 0.383. The Kier molecular flexibility index (Phi) is 2.54. The third kappa shape index (κ3) is 2.02. The van der Waals surface area contributed by atoms with Crippen molar-refractivity contribution in [1.82, 2.24) is 4.90 Å². The quantitative estimate of drug-likeness (QED) is 0.614. The lowest BCUT2D eigenvalue weighted by atomic mass is 9.89. The molecule has 2 aliphatic heterocycles. The van der Waals surface area contributed by atoms with Gasteiger partial charge in [0, 0.05) is 12.3 Å². The van der Waals surface area contributed by atoms with Crippen molar-refractivity contribution in [2.45, 2.75) is 32.3 Å². The molecule has 2 rings (SSSR count). The fourth-order valence-electron chi connectivity index (χ4n) is 2.18. The summed E-state index contributed by atoms with van der Waals surface area (Å²) in [4.78, 5) is 7.80. The van der Waals surface area contributed by atoms with Gasteiger partial charge < -0.3 is 9.74 Å². The molecule has 0 N–H and O–H groups in total. The zero-order valence-corrected chi connectivity index (χ0v) is 8.49. The minimum absolute atomic E-state index is 0.383. The Labute approximate surface area is 79.7 Å². The molecule has 0 aromatic rings. The Hall–Kier alpha value is -0.570. The van der Waals surface area contributed by atoms with Crippen molar-refractivity contribution in [3.05, 3.63) is 0 Å². The van der Waals surface area contributed by atoms with Crippen LogP contribution in [0.5, 0.6) is 0 Å². The van der Waals surface area contributed by atoms with Crippen LogP contribution in [0.25, 0.3) is 0 Å². The zero-order chi connectivity index (χ0) is 9.26. The Morgan fingerprint density at radius 1 is 1.38 bits per heavy atom. The Morgan fingerprint density at radius 2 is 2.08 bits per heavy atom. The molecule has 74 valence electrons. The van der Waals surface area contributed by atoms with Crippen molar-refractivity contribution < 1.29 is 4.84 Å². The number of nitrogens with zero attached hydrogens (tertiary/aromatic N) is 2. The number of hydrogen-bond donors (Lipinski definition) is 0. The summed E-state index contributed by atoms with van der Waals surface area (Å²) in [5.41, 5.74) is 1.16. The first-order valence-corrected chi connectivity index (χ1v) is 5.13. The summed E-state index contributed by atoms with van der Waals surface area (Å²) < 4.78 is 0. The van der Waals surface area contributed by atoms with Crippen molar-refractivity contribution in [1.29, 1.82) is 0 Å². The standard InChI is InChI=1S/C10H18N2O/c1-8-7-10(13-11-8)9-3-5-12(2)6-4-9/h9-10H,3-7H2,1-2H3. The third-order valence-electron chi connectivity index (χ3n) is 3.13. The van der Waals surface area contributed by atoms with Gasteiger partial charge in [0.1, 0.15) is 6.10 Å². The Bertz CT molecular complexity index is 207. The van der Waals surface area contributed by atoms with Crippen LogP contribution in [0.1, 0.15) is 26.2 Å². The highest BCUT2D eigenvalue weighted by molar-refractivity contribution is 5.82. The van der Waals surface area contributed by atoms with Crippen molar-refractivity contribution in [2.24, 2.45) is 11.1 Å². The van der Waals surface area contributed by atoms with E-state index in [2.05, 4.69) is 24.0 Å². The second-order valence-electron chi connectivity index (χ2n) is 4.32. The van der Waals surface area contributed by atoms with Gasteiger partial charge in [0.05, 0.1) is 5.71 Å². The molecule has 0 saturated carbocycles. The van der Waals surface area contributed by atoms with Crippen LogP contribution in [-0.2, 0) is 4.84 Å². The van der Waals surface area contributed by atoms with Gasteiger partial charge in [-0.15, -0.1) is 0 Å². The molecule has 3 heteroatoms. The van der Waals surface area contributed by atoms with Gasteiger partial charge in [0.2, 0.25) is 0 Å². The topological polar surface area (TPSA) is 24.8 Å². The van der Waals surface area contributed by atoms with E-state index in [1.165, 1.54) is 25.9 Å². The van der Waals surface area contributed by atoms with E-state index in [1.807, 2.05) is 0 Å². The molecule has 2 aliphatic rings. The lowest BCUT2D eigenvalue weighted by molar-refractivity contribution is 0.0172. The van der Waals surface area contributed by atoms with Crippen molar-refractivity contribution in [3.8, 4) is 0 Å². The van der Waals surface area contributed by atoms with Gasteiger partial charge >= 0.3 is 0 Å². The first-order valence-electron chi connectivity index (χ1n) is 5.13. The molecule has 0 spiro atoms. The van der Waals surface area contributed by atoms with Crippen LogP contribution < -0.4 is 0 Å². The van der Waals surface area contributed by atoms with E-state index in [1.54, 1.807) is 0 Å². The van der Waals surface area contributed by atoms with Gasteiger partial charge in [0.15, 0.2) is 0 Å². The maximum Gasteiger partial charge on any atom is 0.135 e. The van der Waals surface area contributed by atoms with Gasteiger partial charge in [-0.3, -0.25) is 0 Å². The Balaban J connectivity index is 1.82. The first kappa shape index (κ1) is 9.00. The SMILES string of the molecule is CC1=NOC(C2CCN(C)CC2)C1. The number of piperidine rings is 1. The normalized spacial score (nSPS) is 31.5. The van der Waals surface area contributed by atoms with Crippen molar-refractivity contribution in [3.63, 3.8) is 0 Å².